The summed E-state index contributed by atoms with van der Waals surface area (Å²) in [5, 5.41) is 0. The minimum absolute atomic E-state index is 1.08. The van der Waals surface area contributed by atoms with Crippen LogP contribution in [0.3, 0.4) is 0 Å². The summed E-state index contributed by atoms with van der Waals surface area (Å²) in [6.45, 7) is 7.63. The summed E-state index contributed by atoms with van der Waals surface area (Å²) in [6, 6.07) is 0. The topological polar surface area (TPSA) is 0 Å². The molecule has 0 aromatic rings. The van der Waals surface area contributed by atoms with Gasteiger partial charge in [0.05, 0.1) is 0 Å². The first kappa shape index (κ1) is 11.7. The van der Waals surface area contributed by atoms with Crippen molar-refractivity contribution in [2.45, 2.75) is 51.4 Å². The summed E-state index contributed by atoms with van der Waals surface area (Å²) in [4.78, 5) is 0. The molecule has 0 aromatic heterocycles. The molecule has 0 rings (SSSR count). The van der Waals surface area contributed by atoms with Crippen molar-refractivity contribution in [3.8, 4) is 0 Å². The molecular formula is C12H22. The van der Waals surface area contributed by atoms with E-state index < -0.39 is 0 Å². The summed E-state index contributed by atoms with van der Waals surface area (Å²) < 4.78 is 0. The van der Waals surface area contributed by atoms with Crippen LogP contribution in [0.4, 0.5) is 0 Å². The van der Waals surface area contributed by atoms with E-state index in [1.165, 1.54) is 38.5 Å². The van der Waals surface area contributed by atoms with Gasteiger partial charge in [0.1, 0.15) is 0 Å². The molecule has 0 heterocycles. The third kappa shape index (κ3) is 9.74. The van der Waals surface area contributed by atoms with E-state index in [4.69, 9.17) is 0 Å². The van der Waals surface area contributed by atoms with E-state index in [9.17, 15) is 0 Å². The molecule has 0 aliphatic rings. The Labute approximate surface area is 78.1 Å². The molecular weight excluding hydrogens is 144 g/mol. The molecule has 0 amide bonds. The fourth-order valence-electron chi connectivity index (χ4n) is 1.11. The molecule has 0 aromatic carbocycles. The predicted molar refractivity (Wildman–Crippen MR) is 56.8 cm³/mol. The van der Waals surface area contributed by atoms with Gasteiger partial charge in [-0.1, -0.05) is 51.7 Å². The summed E-state index contributed by atoms with van der Waals surface area (Å²) in [6.07, 6.45) is 14.4. The maximum Gasteiger partial charge on any atom is -0.0351 e. The molecule has 0 aliphatic carbocycles. The van der Waals surface area contributed by atoms with E-state index >= 15 is 0 Å². The molecule has 0 heteroatoms. The van der Waals surface area contributed by atoms with Gasteiger partial charge in [0.2, 0.25) is 0 Å². The Morgan fingerprint density at radius 1 is 0.667 bits per heavy atom. The molecule has 0 bridgehead atoms. The number of unbranched alkanes of at least 4 members (excludes halogenated alkanes) is 6. The average molecular weight is 166 g/mol. The number of allylic oxidation sites excluding steroid dienone is 2. The van der Waals surface area contributed by atoms with Crippen LogP contribution in [-0.4, -0.2) is 0 Å². The van der Waals surface area contributed by atoms with Gasteiger partial charge in [0, 0.05) is 0 Å². The van der Waals surface area contributed by atoms with Gasteiger partial charge in [0.15, 0.2) is 0 Å². The molecule has 0 saturated heterocycles. The molecule has 70 valence electrons. The number of hydrogen-bond acceptors (Lipinski definition) is 0. The summed E-state index contributed by atoms with van der Waals surface area (Å²) in [5.41, 5.74) is 0. The van der Waals surface area contributed by atoms with Gasteiger partial charge in [-0.05, 0) is 25.7 Å². The van der Waals surface area contributed by atoms with Crippen LogP contribution in [0.15, 0.2) is 12.2 Å². The molecule has 0 saturated carbocycles. The second kappa shape index (κ2) is 10.7. The van der Waals surface area contributed by atoms with Crippen LogP contribution < -0.4 is 0 Å². The van der Waals surface area contributed by atoms with E-state index in [0.717, 1.165) is 12.8 Å². The first-order valence-corrected chi connectivity index (χ1v) is 5.15. The van der Waals surface area contributed by atoms with E-state index in [0.29, 0.717) is 0 Å². The lowest BCUT2D eigenvalue weighted by Gasteiger charge is -1.93. The van der Waals surface area contributed by atoms with Crippen molar-refractivity contribution in [2.75, 3.05) is 0 Å². The van der Waals surface area contributed by atoms with Crippen molar-refractivity contribution < 1.29 is 0 Å². The highest BCUT2D eigenvalue weighted by atomic mass is 13.9. The van der Waals surface area contributed by atoms with Crippen molar-refractivity contribution in [3.05, 3.63) is 26.0 Å². The average Bonchev–Trinajstić information content (AvgIpc) is 2.10. The van der Waals surface area contributed by atoms with Crippen molar-refractivity contribution >= 4 is 0 Å². The van der Waals surface area contributed by atoms with Gasteiger partial charge in [-0.15, -0.1) is 0 Å². The summed E-state index contributed by atoms with van der Waals surface area (Å²) >= 11 is 0. The van der Waals surface area contributed by atoms with Crippen LogP contribution in [-0.2, 0) is 0 Å². The highest BCUT2D eigenvalue weighted by Gasteiger charge is 1.83. The zero-order valence-corrected chi connectivity index (χ0v) is 8.23. The van der Waals surface area contributed by atoms with Gasteiger partial charge in [-0.3, -0.25) is 0 Å². The zero-order chi connectivity index (χ0) is 9.07. The van der Waals surface area contributed by atoms with Gasteiger partial charge in [-0.25, -0.2) is 0 Å². The number of rotatable bonds is 8. The lowest BCUT2D eigenvalue weighted by atomic mass is 10.1. The smallest absolute Gasteiger partial charge is 0.0351 e. The van der Waals surface area contributed by atoms with Crippen molar-refractivity contribution in [1.29, 1.82) is 0 Å². The third-order valence-corrected chi connectivity index (χ3v) is 1.91. The fourth-order valence-corrected chi connectivity index (χ4v) is 1.11. The Kier molecular flexibility index (Phi) is 10.5. The van der Waals surface area contributed by atoms with Crippen molar-refractivity contribution in [3.63, 3.8) is 0 Å². The zero-order valence-electron chi connectivity index (χ0n) is 8.23. The molecule has 0 spiro atoms. The van der Waals surface area contributed by atoms with Gasteiger partial charge < -0.3 is 0 Å². The normalized spacial score (nSPS) is 11.2. The van der Waals surface area contributed by atoms with E-state index in [1.807, 2.05) is 0 Å². The highest BCUT2D eigenvalue weighted by Crippen LogP contribution is 2.03. The second-order valence-corrected chi connectivity index (χ2v) is 3.17. The molecule has 0 N–H and O–H groups in total. The van der Waals surface area contributed by atoms with Gasteiger partial charge >= 0.3 is 0 Å². The molecule has 0 atom stereocenters. The van der Waals surface area contributed by atoms with E-state index in [1.54, 1.807) is 0 Å². The predicted octanol–water partition coefficient (Wildman–Crippen LogP) is 4.33. The Hall–Kier alpha value is -0.260. The molecule has 0 nitrogen and oxygen atoms in total. The minimum atomic E-state index is 1.08. The second-order valence-electron chi connectivity index (χ2n) is 3.17. The van der Waals surface area contributed by atoms with Gasteiger partial charge in [0.25, 0.3) is 0 Å². The first-order valence-electron chi connectivity index (χ1n) is 5.15. The first-order chi connectivity index (χ1) is 5.91. The van der Waals surface area contributed by atoms with E-state index in [-0.39, 0.29) is 0 Å². The lowest BCUT2D eigenvalue weighted by molar-refractivity contribution is 0.744. The standard InChI is InChI=1S/C12H22/c1-3-5-7-9-11-12-10-8-6-4-2/h11-12H,1-10H2/b12-11+. The molecule has 0 aliphatic heterocycles. The van der Waals surface area contributed by atoms with Crippen LogP contribution >= 0.6 is 0 Å². The quantitative estimate of drug-likeness (QED) is 0.372. The Morgan fingerprint density at radius 2 is 1.08 bits per heavy atom. The van der Waals surface area contributed by atoms with Crippen LogP contribution in [0.5, 0.6) is 0 Å². The van der Waals surface area contributed by atoms with Crippen LogP contribution in [0.2, 0.25) is 0 Å². The SMILES string of the molecule is [CH2]CCCC/C=C/CCCC[CH2]. The summed E-state index contributed by atoms with van der Waals surface area (Å²) in [7, 11) is 0. The van der Waals surface area contributed by atoms with Crippen LogP contribution in [0.25, 0.3) is 0 Å². The van der Waals surface area contributed by atoms with Crippen molar-refractivity contribution in [1.82, 2.24) is 0 Å². The molecule has 0 fully saturated rings. The fraction of sp³-hybridized carbons (Fsp3) is 0.667. The number of hydrogen-bond donors (Lipinski definition) is 0. The Bertz CT molecular complexity index is 80.2. The van der Waals surface area contributed by atoms with Crippen LogP contribution in [0, 0.1) is 13.8 Å². The largest absolute Gasteiger partial charge is 0.0885 e. The lowest BCUT2D eigenvalue weighted by Crippen LogP contribution is -1.73. The third-order valence-electron chi connectivity index (χ3n) is 1.91. The van der Waals surface area contributed by atoms with Gasteiger partial charge in [-0.2, -0.15) is 0 Å². The monoisotopic (exact) mass is 166 g/mol. The molecule has 0 unspecified atom stereocenters. The molecule has 12 heavy (non-hydrogen) atoms. The van der Waals surface area contributed by atoms with Crippen molar-refractivity contribution in [2.24, 2.45) is 0 Å². The molecule has 2 radical (unpaired) electrons. The van der Waals surface area contributed by atoms with E-state index in [2.05, 4.69) is 26.0 Å². The minimum Gasteiger partial charge on any atom is -0.0885 e. The maximum atomic E-state index is 3.81. The summed E-state index contributed by atoms with van der Waals surface area (Å²) in [5.74, 6) is 0. The highest BCUT2D eigenvalue weighted by molar-refractivity contribution is 4.81. The van der Waals surface area contributed by atoms with Crippen LogP contribution in [0.1, 0.15) is 51.4 Å². The Morgan fingerprint density at radius 3 is 1.42 bits per heavy atom. The maximum absolute atomic E-state index is 3.81. The Balaban J connectivity index is 2.93.